The number of aliphatic hydroxyl groups excluding tert-OH is 1. The van der Waals surface area contributed by atoms with Gasteiger partial charge >= 0.3 is 5.97 Å². The van der Waals surface area contributed by atoms with Gasteiger partial charge in [0.05, 0.1) is 32.2 Å². The number of aromatic nitrogens is 2. The summed E-state index contributed by atoms with van der Waals surface area (Å²) in [5, 5.41) is 12.2. The number of rotatable bonds is 5. The lowest BCUT2D eigenvalue weighted by molar-refractivity contribution is 0.0593. The van der Waals surface area contributed by atoms with Crippen LogP contribution in [0.5, 0.6) is 0 Å². The molecule has 0 aliphatic carbocycles. The third-order valence-electron chi connectivity index (χ3n) is 2.36. The molecule has 2 N–H and O–H groups in total. The van der Waals surface area contributed by atoms with Crippen molar-refractivity contribution < 1.29 is 14.6 Å². The van der Waals surface area contributed by atoms with Gasteiger partial charge in [0, 0.05) is 0 Å². The van der Waals surface area contributed by atoms with Crippen LogP contribution in [0.4, 0.5) is 5.82 Å². The molecule has 0 saturated carbocycles. The molecule has 6 nitrogen and oxygen atoms in total. The summed E-state index contributed by atoms with van der Waals surface area (Å²) in [6.07, 6.45) is 2.83. The van der Waals surface area contributed by atoms with Gasteiger partial charge in [-0.15, -0.1) is 0 Å². The number of hydrogen-bond donors (Lipinski definition) is 2. The van der Waals surface area contributed by atoms with E-state index in [2.05, 4.69) is 20.0 Å². The van der Waals surface area contributed by atoms with Crippen molar-refractivity contribution in [1.82, 2.24) is 9.97 Å². The van der Waals surface area contributed by atoms with Crippen molar-refractivity contribution in [2.45, 2.75) is 19.9 Å². The van der Waals surface area contributed by atoms with Crippen LogP contribution >= 0.6 is 0 Å². The van der Waals surface area contributed by atoms with Gasteiger partial charge in [-0.2, -0.15) is 0 Å². The fourth-order valence-corrected chi connectivity index (χ4v) is 1.25. The summed E-state index contributed by atoms with van der Waals surface area (Å²) >= 11 is 0. The minimum Gasteiger partial charge on any atom is -0.464 e. The molecule has 0 spiro atoms. The highest BCUT2D eigenvalue weighted by Crippen LogP contribution is 2.10. The highest BCUT2D eigenvalue weighted by molar-refractivity contribution is 5.87. The lowest BCUT2D eigenvalue weighted by Crippen LogP contribution is -2.30. The molecular formula is C11H17N3O3. The van der Waals surface area contributed by atoms with Crippen molar-refractivity contribution >= 4 is 11.8 Å². The van der Waals surface area contributed by atoms with E-state index in [-0.39, 0.29) is 24.3 Å². The molecule has 0 radical (unpaired) electrons. The first-order chi connectivity index (χ1) is 8.08. The molecule has 1 heterocycles. The fraction of sp³-hybridized carbons (Fsp3) is 0.545. The molecule has 0 saturated heterocycles. The van der Waals surface area contributed by atoms with E-state index in [1.807, 2.05) is 13.8 Å². The van der Waals surface area contributed by atoms with Crippen LogP contribution in [0.3, 0.4) is 0 Å². The van der Waals surface area contributed by atoms with E-state index < -0.39 is 5.97 Å². The second kappa shape index (κ2) is 6.15. The van der Waals surface area contributed by atoms with Crippen LogP contribution < -0.4 is 5.32 Å². The molecule has 0 aliphatic heterocycles. The number of aliphatic hydroxyl groups is 1. The first kappa shape index (κ1) is 13.4. The topological polar surface area (TPSA) is 84.3 Å². The summed E-state index contributed by atoms with van der Waals surface area (Å²) in [6, 6.07) is -0.128. The number of nitrogens with one attached hydrogen (secondary N) is 1. The Morgan fingerprint density at radius 2 is 2.24 bits per heavy atom. The van der Waals surface area contributed by atoms with E-state index >= 15 is 0 Å². The molecule has 0 amide bonds. The number of ether oxygens (including phenoxy) is 1. The first-order valence-electron chi connectivity index (χ1n) is 5.36. The molecule has 1 unspecified atom stereocenters. The van der Waals surface area contributed by atoms with E-state index in [1.54, 1.807) is 0 Å². The highest BCUT2D eigenvalue weighted by Gasteiger charge is 2.14. The second-order valence-corrected chi connectivity index (χ2v) is 3.96. The number of carbonyl (C=O) groups excluding carboxylic acids is 1. The fourth-order valence-electron chi connectivity index (χ4n) is 1.25. The minimum absolute atomic E-state index is 0.0121. The Bertz CT molecular complexity index is 382. The highest BCUT2D eigenvalue weighted by atomic mass is 16.5. The Morgan fingerprint density at radius 3 is 2.76 bits per heavy atom. The monoisotopic (exact) mass is 239 g/mol. The van der Waals surface area contributed by atoms with Gasteiger partial charge in [0.25, 0.3) is 0 Å². The van der Waals surface area contributed by atoms with Gasteiger partial charge in [0.15, 0.2) is 5.69 Å². The number of esters is 1. The van der Waals surface area contributed by atoms with Gasteiger partial charge in [-0.1, -0.05) is 13.8 Å². The zero-order chi connectivity index (χ0) is 12.8. The van der Waals surface area contributed by atoms with Crippen molar-refractivity contribution in [1.29, 1.82) is 0 Å². The predicted octanol–water partition coefficient (Wildman–Crippen LogP) is 0.692. The molecule has 1 atom stereocenters. The molecule has 6 heteroatoms. The molecule has 1 aromatic heterocycles. The second-order valence-electron chi connectivity index (χ2n) is 3.96. The number of carbonyl (C=O) groups is 1. The van der Waals surface area contributed by atoms with Crippen molar-refractivity contribution in [3.8, 4) is 0 Å². The van der Waals surface area contributed by atoms with Gasteiger partial charge in [0.2, 0.25) is 0 Å². The maximum atomic E-state index is 11.3. The van der Waals surface area contributed by atoms with Crippen LogP contribution in [0.1, 0.15) is 24.3 Å². The number of methoxy groups -OCH3 is 1. The number of anilines is 1. The molecule has 0 fully saturated rings. The molecule has 1 aromatic rings. The quantitative estimate of drug-likeness (QED) is 0.735. The van der Waals surface area contributed by atoms with Gasteiger partial charge in [-0.05, 0) is 5.92 Å². The molecular weight excluding hydrogens is 222 g/mol. The van der Waals surface area contributed by atoms with Crippen molar-refractivity contribution in [2.24, 2.45) is 5.92 Å². The Kier molecular flexibility index (Phi) is 4.84. The van der Waals surface area contributed by atoms with E-state index in [9.17, 15) is 9.90 Å². The van der Waals surface area contributed by atoms with Crippen LogP contribution in [-0.4, -0.2) is 40.8 Å². The normalized spacial score (nSPS) is 12.3. The zero-order valence-electron chi connectivity index (χ0n) is 10.2. The van der Waals surface area contributed by atoms with Crippen molar-refractivity contribution in [3.63, 3.8) is 0 Å². The van der Waals surface area contributed by atoms with E-state index in [0.717, 1.165) is 0 Å². The summed E-state index contributed by atoms with van der Waals surface area (Å²) < 4.78 is 4.55. The minimum atomic E-state index is -0.536. The number of hydrogen-bond acceptors (Lipinski definition) is 6. The van der Waals surface area contributed by atoms with Crippen LogP contribution in [0.25, 0.3) is 0 Å². The van der Waals surface area contributed by atoms with E-state index in [0.29, 0.717) is 5.82 Å². The lowest BCUT2D eigenvalue weighted by Gasteiger charge is -2.20. The Balaban J connectivity index is 2.81. The molecule has 94 valence electrons. The van der Waals surface area contributed by atoms with Gasteiger partial charge < -0.3 is 15.2 Å². The molecule has 0 aromatic carbocycles. The maximum absolute atomic E-state index is 11.3. The van der Waals surface area contributed by atoms with E-state index in [1.165, 1.54) is 19.5 Å². The lowest BCUT2D eigenvalue weighted by atomic mass is 10.1. The molecule has 17 heavy (non-hydrogen) atoms. The van der Waals surface area contributed by atoms with Gasteiger partial charge in [-0.3, -0.25) is 4.98 Å². The summed E-state index contributed by atoms with van der Waals surface area (Å²) in [6.45, 7) is 3.94. The average Bonchev–Trinajstić information content (AvgIpc) is 2.34. The van der Waals surface area contributed by atoms with Crippen molar-refractivity contribution in [3.05, 3.63) is 18.1 Å². The first-order valence-corrected chi connectivity index (χ1v) is 5.36. The maximum Gasteiger partial charge on any atom is 0.358 e. The molecule has 0 bridgehead atoms. The third kappa shape index (κ3) is 3.67. The standard InChI is InChI=1S/C11H17N3O3/c1-7(2)9(6-15)14-10-5-12-4-8(13-10)11(16)17-3/h4-5,7,9,15H,6H2,1-3H3,(H,13,14). The SMILES string of the molecule is COC(=O)c1cncc(NC(CO)C(C)C)n1. The average molecular weight is 239 g/mol. The predicted molar refractivity (Wildman–Crippen MR) is 62.7 cm³/mol. The van der Waals surface area contributed by atoms with Crippen LogP contribution in [0.2, 0.25) is 0 Å². The Hall–Kier alpha value is -1.69. The third-order valence-corrected chi connectivity index (χ3v) is 2.36. The molecule has 0 aliphatic rings. The summed E-state index contributed by atoms with van der Waals surface area (Å²) in [7, 11) is 1.29. The Labute approximate surface area is 100 Å². The number of nitrogens with zero attached hydrogens (tertiary/aromatic N) is 2. The Morgan fingerprint density at radius 1 is 1.53 bits per heavy atom. The zero-order valence-corrected chi connectivity index (χ0v) is 10.2. The van der Waals surface area contributed by atoms with Gasteiger partial charge in [-0.25, -0.2) is 9.78 Å². The van der Waals surface area contributed by atoms with E-state index in [4.69, 9.17) is 0 Å². The van der Waals surface area contributed by atoms with Crippen LogP contribution in [0.15, 0.2) is 12.4 Å². The van der Waals surface area contributed by atoms with Gasteiger partial charge in [0.1, 0.15) is 5.82 Å². The summed E-state index contributed by atoms with van der Waals surface area (Å²) in [4.78, 5) is 19.2. The van der Waals surface area contributed by atoms with Crippen LogP contribution in [0, 0.1) is 5.92 Å². The largest absolute Gasteiger partial charge is 0.464 e. The van der Waals surface area contributed by atoms with Crippen LogP contribution in [-0.2, 0) is 4.74 Å². The smallest absolute Gasteiger partial charge is 0.358 e. The van der Waals surface area contributed by atoms with Crippen molar-refractivity contribution in [2.75, 3.05) is 19.0 Å². The summed E-state index contributed by atoms with van der Waals surface area (Å²) in [5.74, 6) is 0.149. The molecule has 1 rings (SSSR count). The summed E-state index contributed by atoms with van der Waals surface area (Å²) in [5.41, 5.74) is 0.137.